The number of aliphatic hydroxyl groups is 1. The highest BCUT2D eigenvalue weighted by Crippen LogP contribution is 2.40. The number of hydrogen-bond acceptors (Lipinski definition) is 5. The molecule has 0 saturated carbocycles. The molecule has 1 aliphatic carbocycles. The van der Waals surface area contributed by atoms with Crippen LogP contribution in [0.2, 0.25) is 0 Å². The topological polar surface area (TPSA) is 62.2 Å². The molecule has 2 atom stereocenters. The Balaban J connectivity index is 1.16. The van der Waals surface area contributed by atoms with E-state index in [-0.39, 0.29) is 18.4 Å². The van der Waals surface area contributed by atoms with Crippen molar-refractivity contribution in [3.05, 3.63) is 107 Å². The molecule has 0 radical (unpaired) electrons. The van der Waals surface area contributed by atoms with Gasteiger partial charge in [0.25, 0.3) is 5.91 Å². The Bertz CT molecular complexity index is 1350. The van der Waals surface area contributed by atoms with Gasteiger partial charge in [-0.2, -0.15) is 0 Å². The highest BCUT2D eigenvalue weighted by molar-refractivity contribution is 5.92. The van der Waals surface area contributed by atoms with E-state index < -0.39 is 6.29 Å². The number of unbranched alkanes of at least 4 members (excludes halogenated alkanes) is 1. The molecule has 2 heterocycles. The second kappa shape index (κ2) is 12.4. The van der Waals surface area contributed by atoms with Gasteiger partial charge in [0.2, 0.25) is 6.29 Å². The van der Waals surface area contributed by atoms with Gasteiger partial charge < -0.3 is 19.5 Å². The summed E-state index contributed by atoms with van der Waals surface area (Å²) in [6, 6.07) is 25.8. The van der Waals surface area contributed by atoms with Crippen molar-refractivity contribution in [2.45, 2.75) is 44.4 Å². The third kappa shape index (κ3) is 5.99. The first-order chi connectivity index (χ1) is 19.7. The van der Waals surface area contributed by atoms with Crippen LogP contribution in [0.5, 0.6) is 0 Å². The highest BCUT2D eigenvalue weighted by Gasteiger charge is 2.33. The number of allylic oxidation sites excluding steroid dienone is 1. The van der Waals surface area contributed by atoms with Crippen LogP contribution < -0.4 is 0 Å². The summed E-state index contributed by atoms with van der Waals surface area (Å²) in [5, 5.41) is 9.15. The second-order valence-electron chi connectivity index (χ2n) is 11.0. The van der Waals surface area contributed by atoms with Crippen molar-refractivity contribution >= 4 is 5.91 Å². The fourth-order valence-electron chi connectivity index (χ4n) is 6.07. The molecule has 0 bridgehead atoms. The number of fused-ring (bicyclic) bond motifs is 3. The Morgan fingerprint density at radius 2 is 1.68 bits per heavy atom. The quantitative estimate of drug-likeness (QED) is 0.300. The van der Waals surface area contributed by atoms with E-state index in [0.29, 0.717) is 38.3 Å². The van der Waals surface area contributed by atoms with Crippen LogP contribution in [0.25, 0.3) is 11.1 Å². The largest absolute Gasteiger partial charge is 0.459 e. The first-order valence-electron chi connectivity index (χ1n) is 14.6. The van der Waals surface area contributed by atoms with Crippen LogP contribution >= 0.6 is 0 Å². The molecule has 3 aliphatic rings. The molecule has 6 nitrogen and oxygen atoms in total. The standard InChI is InChI=1S/C34H38N2O4/c37-18-6-7-19-39-33-23-28(26-12-13-31-29(20-26)21-27-10-4-5-11-30(27)31)22-32(40-33)34(38)36-16-14-35(15-17-36)24-25-8-2-1-3-9-25/h1-5,8-13,20,22,28,33,37H,6-7,14-19,21,23-24H2/t28-,33+/m0/s1. The van der Waals surface area contributed by atoms with Crippen LogP contribution in [-0.2, 0) is 27.2 Å². The smallest absolute Gasteiger partial charge is 0.288 e. The van der Waals surface area contributed by atoms with Gasteiger partial charge in [0.1, 0.15) is 0 Å². The Hall–Kier alpha value is -3.45. The Kier molecular flexibility index (Phi) is 8.28. The minimum Gasteiger partial charge on any atom is -0.459 e. The van der Waals surface area contributed by atoms with Gasteiger partial charge in [-0.25, -0.2) is 0 Å². The summed E-state index contributed by atoms with van der Waals surface area (Å²) < 4.78 is 12.2. The zero-order valence-electron chi connectivity index (χ0n) is 23.0. The number of rotatable bonds is 9. The van der Waals surface area contributed by atoms with Gasteiger partial charge in [-0.05, 0) is 58.7 Å². The maximum absolute atomic E-state index is 13.7. The Labute approximate surface area is 236 Å². The number of aliphatic hydroxyl groups excluding tert-OH is 1. The first-order valence-corrected chi connectivity index (χ1v) is 14.6. The van der Waals surface area contributed by atoms with Crippen molar-refractivity contribution in [1.82, 2.24) is 9.80 Å². The summed E-state index contributed by atoms with van der Waals surface area (Å²) in [6.07, 6.45) is 4.57. The maximum atomic E-state index is 13.7. The van der Waals surface area contributed by atoms with Gasteiger partial charge >= 0.3 is 0 Å². The molecule has 0 aromatic heterocycles. The van der Waals surface area contributed by atoms with Crippen LogP contribution in [-0.4, -0.2) is 66.5 Å². The number of carbonyl (C=O) groups excluding carboxylic acids is 1. The third-order valence-electron chi connectivity index (χ3n) is 8.28. The van der Waals surface area contributed by atoms with Crippen molar-refractivity contribution in [2.24, 2.45) is 0 Å². The number of nitrogens with zero attached hydrogens (tertiary/aromatic N) is 2. The Morgan fingerprint density at radius 1 is 0.900 bits per heavy atom. The van der Waals surface area contributed by atoms with Gasteiger partial charge in [-0.3, -0.25) is 9.69 Å². The average molecular weight is 539 g/mol. The Morgan fingerprint density at radius 3 is 2.50 bits per heavy atom. The van der Waals surface area contributed by atoms with Gasteiger partial charge in [0.05, 0.1) is 6.61 Å². The van der Waals surface area contributed by atoms with Crippen molar-refractivity contribution in [1.29, 1.82) is 0 Å². The van der Waals surface area contributed by atoms with Crippen LogP contribution in [0.3, 0.4) is 0 Å². The first kappa shape index (κ1) is 26.8. The van der Waals surface area contributed by atoms with E-state index in [1.54, 1.807) is 0 Å². The molecule has 2 aliphatic heterocycles. The van der Waals surface area contributed by atoms with E-state index in [1.165, 1.54) is 33.4 Å². The molecular weight excluding hydrogens is 500 g/mol. The molecule has 0 unspecified atom stereocenters. The average Bonchev–Trinajstić information content (AvgIpc) is 3.38. The van der Waals surface area contributed by atoms with Crippen LogP contribution in [0.1, 0.15) is 47.4 Å². The molecule has 3 aromatic carbocycles. The molecule has 1 fully saturated rings. The van der Waals surface area contributed by atoms with Crippen LogP contribution in [0, 0.1) is 0 Å². The van der Waals surface area contributed by atoms with Crippen LogP contribution in [0.15, 0.2) is 84.6 Å². The number of hydrogen-bond donors (Lipinski definition) is 1. The summed E-state index contributed by atoms with van der Waals surface area (Å²) in [7, 11) is 0. The monoisotopic (exact) mass is 538 g/mol. The highest BCUT2D eigenvalue weighted by atomic mass is 16.7. The lowest BCUT2D eigenvalue weighted by molar-refractivity contribution is -0.154. The zero-order valence-corrected chi connectivity index (χ0v) is 23.0. The van der Waals surface area contributed by atoms with E-state index >= 15 is 0 Å². The molecule has 6 rings (SSSR count). The predicted molar refractivity (Wildman–Crippen MR) is 156 cm³/mol. The molecule has 208 valence electrons. The number of amides is 1. The fraction of sp³-hybridized carbons (Fsp3) is 0.382. The van der Waals surface area contributed by atoms with Gasteiger partial charge in [0, 0.05) is 51.7 Å². The summed E-state index contributed by atoms with van der Waals surface area (Å²) in [6.45, 7) is 4.57. The zero-order chi connectivity index (χ0) is 27.3. The minimum atomic E-state index is -0.488. The van der Waals surface area contributed by atoms with E-state index in [9.17, 15) is 4.79 Å². The predicted octanol–water partition coefficient (Wildman–Crippen LogP) is 5.11. The molecule has 1 amide bonds. The van der Waals surface area contributed by atoms with Gasteiger partial charge in [-0.1, -0.05) is 72.8 Å². The molecule has 6 heteroatoms. The van der Waals surface area contributed by atoms with E-state index in [0.717, 1.165) is 32.5 Å². The number of ether oxygens (including phenoxy) is 2. The summed E-state index contributed by atoms with van der Waals surface area (Å²) in [5.74, 6) is 0.370. The SMILES string of the molecule is O=C(C1=C[C@H](c2ccc3c(c2)Cc2ccccc2-3)C[C@H](OCCCCO)O1)N1CCN(Cc2ccccc2)CC1. The summed E-state index contributed by atoms with van der Waals surface area (Å²) >= 11 is 0. The van der Waals surface area contributed by atoms with Crippen LogP contribution in [0.4, 0.5) is 0 Å². The molecule has 0 spiro atoms. The summed E-state index contributed by atoms with van der Waals surface area (Å²) in [5.41, 5.74) is 7.81. The van der Waals surface area contributed by atoms with Gasteiger partial charge in [-0.15, -0.1) is 0 Å². The lowest BCUT2D eigenvalue weighted by Crippen LogP contribution is -2.49. The minimum absolute atomic E-state index is 0.0314. The van der Waals surface area contributed by atoms with Crippen molar-refractivity contribution in [3.8, 4) is 11.1 Å². The second-order valence-corrected chi connectivity index (χ2v) is 11.0. The van der Waals surface area contributed by atoms with Crippen molar-refractivity contribution in [3.63, 3.8) is 0 Å². The number of benzene rings is 3. The summed E-state index contributed by atoms with van der Waals surface area (Å²) in [4.78, 5) is 18.0. The molecule has 3 aromatic rings. The normalized spacial score (nSPS) is 20.4. The third-order valence-corrected chi connectivity index (χ3v) is 8.28. The van der Waals surface area contributed by atoms with E-state index in [2.05, 4.69) is 71.6 Å². The van der Waals surface area contributed by atoms with Gasteiger partial charge in [0.15, 0.2) is 5.76 Å². The number of carbonyl (C=O) groups is 1. The molecule has 40 heavy (non-hydrogen) atoms. The van der Waals surface area contributed by atoms with E-state index in [4.69, 9.17) is 14.6 Å². The van der Waals surface area contributed by atoms with Crippen molar-refractivity contribution < 1.29 is 19.4 Å². The maximum Gasteiger partial charge on any atom is 0.288 e. The molecular formula is C34H38N2O4. The van der Waals surface area contributed by atoms with Crippen molar-refractivity contribution in [2.75, 3.05) is 39.4 Å². The molecule has 1 N–H and O–H groups in total. The van der Waals surface area contributed by atoms with E-state index in [1.807, 2.05) is 17.0 Å². The lowest BCUT2D eigenvalue weighted by atomic mass is 9.90. The lowest BCUT2D eigenvalue weighted by Gasteiger charge is -2.36. The number of piperazine rings is 1. The fourth-order valence-corrected chi connectivity index (χ4v) is 6.07. The molecule has 1 saturated heterocycles.